The molecule has 9 heteroatoms. The van der Waals surface area contributed by atoms with Crippen molar-refractivity contribution in [3.63, 3.8) is 0 Å². The van der Waals surface area contributed by atoms with E-state index in [1.165, 1.54) is 21.8 Å². The molecular weight excluding hydrogens is 346 g/mol. The molecule has 0 spiro atoms. The van der Waals surface area contributed by atoms with Gasteiger partial charge in [0.05, 0.1) is 24.6 Å². The number of carbonyl (C=O) groups excluding carboxylic acids is 1. The van der Waals surface area contributed by atoms with E-state index in [1.54, 1.807) is 13.2 Å². The predicted octanol–water partition coefficient (Wildman–Crippen LogP) is 0.836. The molecule has 0 atom stereocenters. The molecule has 0 fully saturated rings. The number of nitrogens with zero attached hydrogens (tertiary/aromatic N) is 5. The molecule has 0 aliphatic heterocycles. The number of carbonyl (C=O) groups is 1. The van der Waals surface area contributed by atoms with Crippen LogP contribution >= 0.6 is 0 Å². The van der Waals surface area contributed by atoms with Gasteiger partial charge in [0.15, 0.2) is 5.65 Å². The highest BCUT2D eigenvalue weighted by molar-refractivity contribution is 5.77. The van der Waals surface area contributed by atoms with Gasteiger partial charge in [-0.3, -0.25) is 18.8 Å². The van der Waals surface area contributed by atoms with Crippen LogP contribution in [0.3, 0.4) is 0 Å². The van der Waals surface area contributed by atoms with Crippen LogP contribution in [0.25, 0.3) is 22.3 Å². The fourth-order valence-corrected chi connectivity index (χ4v) is 2.79. The monoisotopic (exact) mass is 363 g/mol. The van der Waals surface area contributed by atoms with Crippen LogP contribution in [0.15, 0.2) is 53.8 Å². The maximum atomic E-state index is 12.4. The van der Waals surface area contributed by atoms with Gasteiger partial charge in [-0.25, -0.2) is 9.97 Å². The molecule has 136 valence electrons. The van der Waals surface area contributed by atoms with E-state index in [9.17, 15) is 9.59 Å². The molecule has 0 bridgehead atoms. The fraction of sp³-hybridized carbons (Fsp3) is 0.167. The molecule has 4 aromatic rings. The van der Waals surface area contributed by atoms with E-state index in [1.807, 2.05) is 30.3 Å². The Morgan fingerprint density at radius 1 is 1.19 bits per heavy atom. The summed E-state index contributed by atoms with van der Waals surface area (Å²) in [6.07, 6.45) is 4.53. The van der Waals surface area contributed by atoms with Gasteiger partial charge in [-0.1, -0.05) is 30.3 Å². The van der Waals surface area contributed by atoms with Gasteiger partial charge >= 0.3 is 0 Å². The van der Waals surface area contributed by atoms with Crippen LogP contribution in [0, 0.1) is 0 Å². The first kappa shape index (κ1) is 16.7. The first-order valence-corrected chi connectivity index (χ1v) is 8.35. The number of hydrogen-bond acceptors (Lipinski definition) is 5. The van der Waals surface area contributed by atoms with Gasteiger partial charge in [0.2, 0.25) is 5.91 Å². The van der Waals surface area contributed by atoms with Crippen LogP contribution in [0.2, 0.25) is 0 Å². The standard InChI is InChI=1S/C18H17N7O2/c1-24-17-13(7-22-24)18(27)25(11-21-17)10-16(26)20-9-15-19-8-14(23-15)12-5-3-2-4-6-12/h2-8,11H,9-10H2,1H3,(H,19,23)(H,20,26). The number of imidazole rings is 1. The molecule has 0 aliphatic rings. The summed E-state index contributed by atoms with van der Waals surface area (Å²) in [5, 5.41) is 7.14. The second-order valence-corrected chi connectivity index (χ2v) is 6.07. The van der Waals surface area contributed by atoms with Gasteiger partial charge in [-0.15, -0.1) is 0 Å². The van der Waals surface area contributed by atoms with Crippen LogP contribution in [-0.2, 0) is 24.9 Å². The highest BCUT2D eigenvalue weighted by Gasteiger charge is 2.11. The van der Waals surface area contributed by atoms with Crippen molar-refractivity contribution in [3.8, 4) is 11.3 Å². The Hall–Kier alpha value is -3.75. The number of rotatable bonds is 5. The van der Waals surface area contributed by atoms with Gasteiger partial charge < -0.3 is 10.3 Å². The third-order valence-electron chi connectivity index (χ3n) is 4.20. The summed E-state index contributed by atoms with van der Waals surface area (Å²) in [4.78, 5) is 36.2. The molecule has 3 heterocycles. The van der Waals surface area contributed by atoms with Crippen LogP contribution in [-0.4, -0.2) is 35.2 Å². The van der Waals surface area contributed by atoms with Crippen molar-refractivity contribution < 1.29 is 4.79 Å². The Kier molecular flexibility index (Phi) is 4.25. The summed E-state index contributed by atoms with van der Waals surface area (Å²) in [6.45, 7) is 0.117. The predicted molar refractivity (Wildman–Crippen MR) is 98.6 cm³/mol. The van der Waals surface area contributed by atoms with Crippen molar-refractivity contribution in [2.75, 3.05) is 0 Å². The summed E-state index contributed by atoms with van der Waals surface area (Å²) >= 11 is 0. The van der Waals surface area contributed by atoms with E-state index in [0.717, 1.165) is 11.3 Å². The Morgan fingerprint density at radius 2 is 2.00 bits per heavy atom. The number of aromatic nitrogens is 6. The molecule has 2 N–H and O–H groups in total. The van der Waals surface area contributed by atoms with E-state index in [0.29, 0.717) is 16.9 Å². The Balaban J connectivity index is 1.41. The Bertz CT molecular complexity index is 1160. The van der Waals surface area contributed by atoms with E-state index >= 15 is 0 Å². The Morgan fingerprint density at radius 3 is 2.81 bits per heavy atom. The lowest BCUT2D eigenvalue weighted by molar-refractivity contribution is -0.121. The summed E-state index contributed by atoms with van der Waals surface area (Å²) in [5.41, 5.74) is 2.08. The minimum Gasteiger partial charge on any atom is -0.347 e. The number of aromatic amines is 1. The third-order valence-corrected chi connectivity index (χ3v) is 4.20. The molecule has 1 aromatic carbocycles. The molecule has 0 saturated heterocycles. The minimum absolute atomic E-state index is 0.122. The summed E-state index contributed by atoms with van der Waals surface area (Å²) in [5.74, 6) is 0.329. The van der Waals surface area contributed by atoms with Crippen molar-refractivity contribution in [1.82, 2.24) is 34.6 Å². The van der Waals surface area contributed by atoms with Crippen LogP contribution in [0.5, 0.6) is 0 Å². The van der Waals surface area contributed by atoms with Crippen LogP contribution < -0.4 is 10.9 Å². The number of fused-ring (bicyclic) bond motifs is 1. The van der Waals surface area contributed by atoms with E-state index < -0.39 is 0 Å². The largest absolute Gasteiger partial charge is 0.347 e. The minimum atomic E-state index is -0.306. The van der Waals surface area contributed by atoms with Gasteiger partial charge in [0, 0.05) is 7.05 Å². The molecule has 9 nitrogen and oxygen atoms in total. The van der Waals surface area contributed by atoms with E-state index in [-0.39, 0.29) is 24.6 Å². The third kappa shape index (κ3) is 3.34. The van der Waals surface area contributed by atoms with Crippen LogP contribution in [0.1, 0.15) is 5.82 Å². The molecule has 1 amide bonds. The number of aryl methyl sites for hydroxylation is 1. The first-order chi connectivity index (χ1) is 13.1. The van der Waals surface area contributed by atoms with Crippen molar-refractivity contribution in [2.24, 2.45) is 7.05 Å². The normalized spacial score (nSPS) is 11.0. The van der Waals surface area contributed by atoms with Crippen molar-refractivity contribution >= 4 is 16.9 Å². The zero-order chi connectivity index (χ0) is 18.8. The van der Waals surface area contributed by atoms with E-state index in [2.05, 4.69) is 25.4 Å². The second kappa shape index (κ2) is 6.87. The molecule has 0 radical (unpaired) electrons. The van der Waals surface area contributed by atoms with Crippen LogP contribution in [0.4, 0.5) is 0 Å². The lowest BCUT2D eigenvalue weighted by Gasteiger charge is -2.06. The molecule has 0 saturated carbocycles. The molecule has 27 heavy (non-hydrogen) atoms. The first-order valence-electron chi connectivity index (χ1n) is 8.35. The quantitative estimate of drug-likeness (QED) is 0.546. The van der Waals surface area contributed by atoms with E-state index in [4.69, 9.17) is 0 Å². The zero-order valence-corrected chi connectivity index (χ0v) is 14.6. The smallest absolute Gasteiger partial charge is 0.264 e. The number of H-pyrrole nitrogens is 1. The average Bonchev–Trinajstić information content (AvgIpc) is 3.31. The molecule has 0 unspecified atom stereocenters. The summed E-state index contributed by atoms with van der Waals surface area (Å²) in [7, 11) is 1.71. The lowest BCUT2D eigenvalue weighted by Crippen LogP contribution is -2.32. The number of hydrogen-bond donors (Lipinski definition) is 2. The zero-order valence-electron chi connectivity index (χ0n) is 14.6. The highest BCUT2D eigenvalue weighted by Crippen LogP contribution is 2.15. The van der Waals surface area contributed by atoms with Gasteiger partial charge in [-0.05, 0) is 5.56 Å². The average molecular weight is 363 g/mol. The van der Waals surface area contributed by atoms with Gasteiger partial charge in [-0.2, -0.15) is 5.10 Å². The number of nitrogens with one attached hydrogen (secondary N) is 2. The molecule has 3 aromatic heterocycles. The fourth-order valence-electron chi connectivity index (χ4n) is 2.79. The second-order valence-electron chi connectivity index (χ2n) is 6.07. The summed E-state index contributed by atoms with van der Waals surface area (Å²) < 4.78 is 2.78. The SMILES string of the molecule is Cn1ncc2c(=O)n(CC(=O)NCc3ncc(-c4ccccc4)[nH]3)cnc21. The molecular formula is C18H17N7O2. The van der Waals surface area contributed by atoms with Crippen molar-refractivity contribution in [3.05, 3.63) is 65.2 Å². The maximum absolute atomic E-state index is 12.4. The number of benzene rings is 1. The molecule has 4 rings (SSSR count). The molecule has 0 aliphatic carbocycles. The topological polar surface area (TPSA) is 110 Å². The van der Waals surface area contributed by atoms with Crippen molar-refractivity contribution in [2.45, 2.75) is 13.1 Å². The van der Waals surface area contributed by atoms with Gasteiger partial charge in [0.25, 0.3) is 5.56 Å². The van der Waals surface area contributed by atoms with Gasteiger partial charge in [0.1, 0.15) is 24.1 Å². The lowest BCUT2D eigenvalue weighted by atomic mass is 10.2. The highest BCUT2D eigenvalue weighted by atomic mass is 16.2. The maximum Gasteiger partial charge on any atom is 0.264 e. The Labute approximate surface area is 153 Å². The summed E-state index contributed by atoms with van der Waals surface area (Å²) in [6, 6.07) is 9.79. The number of amides is 1. The van der Waals surface area contributed by atoms with Crippen molar-refractivity contribution in [1.29, 1.82) is 0 Å².